The van der Waals surface area contributed by atoms with E-state index in [1.54, 1.807) is 12.1 Å². The van der Waals surface area contributed by atoms with E-state index in [2.05, 4.69) is 15.5 Å². The molecule has 0 unspecified atom stereocenters. The number of pyridine rings is 1. The van der Waals surface area contributed by atoms with E-state index in [0.29, 0.717) is 24.4 Å². The maximum absolute atomic E-state index is 11.9. The highest BCUT2D eigenvalue weighted by atomic mass is 35.5. The molecule has 0 radical (unpaired) electrons. The number of hydrogen-bond acceptors (Lipinski definition) is 3. The summed E-state index contributed by atoms with van der Waals surface area (Å²) < 4.78 is 1.92. The summed E-state index contributed by atoms with van der Waals surface area (Å²) in [7, 11) is 0. The Morgan fingerprint density at radius 3 is 2.77 bits per heavy atom. The summed E-state index contributed by atoms with van der Waals surface area (Å²) in [6, 6.07) is 13.0. The monoisotopic (exact) mass is 314 g/mol. The number of fused-ring (bicyclic) bond motifs is 1. The zero-order valence-corrected chi connectivity index (χ0v) is 12.6. The van der Waals surface area contributed by atoms with Crippen molar-refractivity contribution in [3.8, 4) is 0 Å². The van der Waals surface area contributed by atoms with Crippen LogP contribution in [-0.4, -0.2) is 27.0 Å². The molecule has 3 rings (SSSR count). The Kier molecular flexibility index (Phi) is 4.34. The number of nitrogens with one attached hydrogen (secondary N) is 1. The van der Waals surface area contributed by atoms with Crippen LogP contribution >= 0.6 is 11.6 Å². The van der Waals surface area contributed by atoms with Gasteiger partial charge >= 0.3 is 0 Å². The van der Waals surface area contributed by atoms with Gasteiger partial charge in [-0.2, -0.15) is 0 Å². The maximum atomic E-state index is 11.9. The predicted molar refractivity (Wildman–Crippen MR) is 84.9 cm³/mol. The van der Waals surface area contributed by atoms with E-state index in [4.69, 9.17) is 11.6 Å². The van der Waals surface area contributed by atoms with Crippen LogP contribution in [0.25, 0.3) is 5.65 Å². The lowest BCUT2D eigenvalue weighted by Gasteiger charge is -2.05. The standard InChI is InChI=1S/C16H15ClN4O/c17-13-6-4-12(5-7-13)11-16(22)18-9-8-15-20-19-14-3-1-2-10-21(14)15/h1-7,10H,8-9,11H2,(H,18,22). The third-order valence-corrected chi connectivity index (χ3v) is 3.59. The smallest absolute Gasteiger partial charge is 0.224 e. The zero-order chi connectivity index (χ0) is 15.4. The number of amides is 1. The molecule has 1 amide bonds. The van der Waals surface area contributed by atoms with Crippen LogP contribution < -0.4 is 5.32 Å². The molecule has 0 saturated carbocycles. The van der Waals surface area contributed by atoms with Gasteiger partial charge in [0.2, 0.25) is 5.91 Å². The fraction of sp³-hybridized carbons (Fsp3) is 0.188. The lowest BCUT2D eigenvalue weighted by atomic mass is 10.1. The van der Waals surface area contributed by atoms with Crippen LogP contribution in [0.2, 0.25) is 5.02 Å². The van der Waals surface area contributed by atoms with E-state index >= 15 is 0 Å². The van der Waals surface area contributed by atoms with Crippen molar-refractivity contribution in [3.63, 3.8) is 0 Å². The van der Waals surface area contributed by atoms with E-state index in [1.807, 2.05) is 40.9 Å². The minimum atomic E-state index is -0.0175. The summed E-state index contributed by atoms with van der Waals surface area (Å²) in [6.45, 7) is 0.530. The van der Waals surface area contributed by atoms with Crippen LogP contribution in [0.15, 0.2) is 48.7 Å². The van der Waals surface area contributed by atoms with Crippen LogP contribution in [0.3, 0.4) is 0 Å². The zero-order valence-electron chi connectivity index (χ0n) is 11.9. The van der Waals surface area contributed by atoms with E-state index < -0.39 is 0 Å². The van der Waals surface area contributed by atoms with Gasteiger partial charge in [-0.05, 0) is 29.8 Å². The van der Waals surface area contributed by atoms with Crippen LogP contribution in [-0.2, 0) is 17.6 Å². The van der Waals surface area contributed by atoms with Crippen LogP contribution in [0.1, 0.15) is 11.4 Å². The highest BCUT2D eigenvalue weighted by Crippen LogP contribution is 2.09. The Balaban J connectivity index is 1.52. The second-order valence-electron chi connectivity index (χ2n) is 4.95. The average molecular weight is 315 g/mol. The molecule has 2 heterocycles. The molecule has 5 nitrogen and oxygen atoms in total. The van der Waals surface area contributed by atoms with Crippen molar-refractivity contribution < 1.29 is 4.79 Å². The van der Waals surface area contributed by atoms with Gasteiger partial charge < -0.3 is 5.32 Å². The van der Waals surface area contributed by atoms with Gasteiger partial charge in [0, 0.05) is 24.2 Å². The normalized spacial score (nSPS) is 10.8. The van der Waals surface area contributed by atoms with Crippen molar-refractivity contribution in [1.82, 2.24) is 19.9 Å². The van der Waals surface area contributed by atoms with Gasteiger partial charge in [-0.15, -0.1) is 10.2 Å². The fourth-order valence-electron chi connectivity index (χ4n) is 2.23. The third-order valence-electron chi connectivity index (χ3n) is 3.33. The Morgan fingerprint density at radius 2 is 1.95 bits per heavy atom. The molecule has 6 heteroatoms. The summed E-state index contributed by atoms with van der Waals surface area (Å²) in [5, 5.41) is 11.8. The molecule has 3 aromatic rings. The van der Waals surface area contributed by atoms with Crippen molar-refractivity contribution in [2.45, 2.75) is 12.8 Å². The molecule has 22 heavy (non-hydrogen) atoms. The highest BCUT2D eigenvalue weighted by Gasteiger charge is 2.06. The lowest BCUT2D eigenvalue weighted by molar-refractivity contribution is -0.120. The van der Waals surface area contributed by atoms with E-state index in [9.17, 15) is 4.79 Å². The number of rotatable bonds is 5. The van der Waals surface area contributed by atoms with Crippen LogP contribution in [0.4, 0.5) is 0 Å². The molecule has 112 valence electrons. The number of hydrogen-bond donors (Lipinski definition) is 1. The SMILES string of the molecule is O=C(Cc1ccc(Cl)cc1)NCCc1nnc2ccccn12. The summed E-state index contributed by atoms with van der Waals surface area (Å²) >= 11 is 5.82. The highest BCUT2D eigenvalue weighted by molar-refractivity contribution is 6.30. The number of halogens is 1. The van der Waals surface area contributed by atoms with Gasteiger partial charge in [0.05, 0.1) is 6.42 Å². The number of carbonyl (C=O) groups excluding carboxylic acids is 1. The molecule has 0 aliphatic carbocycles. The van der Waals surface area contributed by atoms with Crippen molar-refractivity contribution in [2.24, 2.45) is 0 Å². The summed E-state index contributed by atoms with van der Waals surface area (Å²) in [5.74, 6) is 0.818. The molecule has 0 spiro atoms. The quantitative estimate of drug-likeness (QED) is 0.786. The first-order valence-corrected chi connectivity index (χ1v) is 7.40. The van der Waals surface area contributed by atoms with Crippen molar-refractivity contribution >= 4 is 23.2 Å². The second kappa shape index (κ2) is 6.58. The first-order valence-electron chi connectivity index (χ1n) is 7.02. The molecule has 0 aliphatic rings. The number of benzene rings is 1. The van der Waals surface area contributed by atoms with Crippen molar-refractivity contribution in [3.05, 3.63) is 65.1 Å². The van der Waals surface area contributed by atoms with Crippen LogP contribution in [0.5, 0.6) is 0 Å². The number of nitrogens with zero attached hydrogens (tertiary/aromatic N) is 3. The van der Waals surface area contributed by atoms with Gasteiger partial charge in [0.1, 0.15) is 5.82 Å². The molecular weight excluding hydrogens is 300 g/mol. The lowest BCUT2D eigenvalue weighted by Crippen LogP contribution is -2.27. The average Bonchev–Trinajstić information content (AvgIpc) is 2.93. The first kappa shape index (κ1) is 14.5. The molecule has 0 saturated heterocycles. The van der Waals surface area contributed by atoms with Gasteiger partial charge in [0.25, 0.3) is 0 Å². The largest absolute Gasteiger partial charge is 0.355 e. The van der Waals surface area contributed by atoms with Crippen LogP contribution in [0, 0.1) is 0 Å². The minimum absolute atomic E-state index is 0.0175. The predicted octanol–water partition coefficient (Wildman–Crippen LogP) is 2.28. The molecule has 1 N–H and O–H groups in total. The summed E-state index contributed by atoms with van der Waals surface area (Å²) in [5.41, 5.74) is 1.75. The van der Waals surface area contributed by atoms with E-state index in [1.165, 1.54) is 0 Å². The summed E-state index contributed by atoms with van der Waals surface area (Å²) in [4.78, 5) is 11.9. The van der Waals surface area contributed by atoms with E-state index in [-0.39, 0.29) is 5.91 Å². The topological polar surface area (TPSA) is 59.3 Å². The first-order chi connectivity index (χ1) is 10.7. The minimum Gasteiger partial charge on any atom is -0.355 e. The third kappa shape index (κ3) is 3.43. The van der Waals surface area contributed by atoms with Gasteiger partial charge in [0.15, 0.2) is 5.65 Å². The number of aromatic nitrogens is 3. The fourth-order valence-corrected chi connectivity index (χ4v) is 2.35. The molecule has 1 aromatic carbocycles. The molecule has 0 fully saturated rings. The molecular formula is C16H15ClN4O. The second-order valence-corrected chi connectivity index (χ2v) is 5.38. The Morgan fingerprint density at radius 1 is 1.14 bits per heavy atom. The number of carbonyl (C=O) groups is 1. The van der Waals surface area contributed by atoms with Gasteiger partial charge in [-0.1, -0.05) is 29.8 Å². The van der Waals surface area contributed by atoms with E-state index in [0.717, 1.165) is 17.0 Å². The van der Waals surface area contributed by atoms with Crippen molar-refractivity contribution in [2.75, 3.05) is 6.54 Å². The van der Waals surface area contributed by atoms with Crippen molar-refractivity contribution in [1.29, 1.82) is 0 Å². The van der Waals surface area contributed by atoms with Gasteiger partial charge in [-0.3, -0.25) is 9.20 Å². The maximum Gasteiger partial charge on any atom is 0.224 e. The molecule has 2 aromatic heterocycles. The molecule has 0 aliphatic heterocycles. The molecule has 0 atom stereocenters. The Hall–Kier alpha value is -2.40. The molecule has 0 bridgehead atoms. The summed E-state index contributed by atoms with van der Waals surface area (Å²) in [6.07, 6.45) is 2.90. The Labute approximate surface area is 132 Å². The van der Waals surface area contributed by atoms with Gasteiger partial charge in [-0.25, -0.2) is 0 Å². The Bertz CT molecular complexity index is 782.